The van der Waals surface area contributed by atoms with Gasteiger partial charge < -0.3 is 10.4 Å². The van der Waals surface area contributed by atoms with Gasteiger partial charge in [0.25, 0.3) is 0 Å². The maximum absolute atomic E-state index is 12.7. The summed E-state index contributed by atoms with van der Waals surface area (Å²) in [5.41, 5.74) is 0.146. The second-order valence-electron chi connectivity index (χ2n) is 2.87. The number of aliphatic carboxylic acids is 1. The molecule has 0 spiro atoms. The number of hydrogen-bond acceptors (Lipinski definition) is 2. The maximum Gasteiger partial charge on any atom is 0.317 e. The molecular formula is C9H8F3NO2. The Balaban J connectivity index is 2.66. The minimum atomic E-state index is -1.53. The molecule has 0 aromatic heterocycles. The summed E-state index contributed by atoms with van der Waals surface area (Å²) in [5.74, 6) is -5.20. The molecule has 0 heterocycles. The molecule has 6 heteroatoms. The maximum atomic E-state index is 12.7. The second kappa shape index (κ2) is 4.79. The quantitative estimate of drug-likeness (QED) is 0.750. The van der Waals surface area contributed by atoms with Gasteiger partial charge in [-0.25, -0.2) is 13.2 Å². The Hall–Kier alpha value is -1.56. The van der Waals surface area contributed by atoms with Crippen LogP contribution in [0.25, 0.3) is 0 Å². The van der Waals surface area contributed by atoms with E-state index in [4.69, 9.17) is 5.11 Å². The molecule has 0 saturated carbocycles. The van der Waals surface area contributed by atoms with Crippen molar-refractivity contribution in [3.8, 4) is 0 Å². The number of carbonyl (C=O) groups is 1. The average molecular weight is 219 g/mol. The lowest BCUT2D eigenvalue weighted by Gasteiger charge is -2.03. The van der Waals surface area contributed by atoms with E-state index in [1.54, 1.807) is 0 Å². The van der Waals surface area contributed by atoms with Gasteiger partial charge in [-0.1, -0.05) is 0 Å². The molecule has 0 aliphatic carbocycles. The molecule has 0 radical (unpaired) electrons. The van der Waals surface area contributed by atoms with Crippen LogP contribution in [0.1, 0.15) is 5.56 Å². The van der Waals surface area contributed by atoms with Crippen molar-refractivity contribution < 1.29 is 23.1 Å². The molecule has 2 N–H and O–H groups in total. The van der Waals surface area contributed by atoms with E-state index in [0.29, 0.717) is 0 Å². The molecule has 0 unspecified atom stereocenters. The van der Waals surface area contributed by atoms with Crippen LogP contribution in [0.2, 0.25) is 0 Å². The normalized spacial score (nSPS) is 10.3. The smallest absolute Gasteiger partial charge is 0.317 e. The molecule has 0 amide bonds. The van der Waals surface area contributed by atoms with Crippen molar-refractivity contribution in [3.63, 3.8) is 0 Å². The van der Waals surface area contributed by atoms with Crippen LogP contribution in [0, 0.1) is 17.5 Å². The Kier molecular flexibility index (Phi) is 3.68. The van der Waals surface area contributed by atoms with Gasteiger partial charge in [0, 0.05) is 6.54 Å². The lowest BCUT2D eigenvalue weighted by molar-refractivity contribution is -0.135. The van der Waals surface area contributed by atoms with Crippen molar-refractivity contribution in [1.82, 2.24) is 5.32 Å². The van der Waals surface area contributed by atoms with Gasteiger partial charge in [0.2, 0.25) is 0 Å². The van der Waals surface area contributed by atoms with Crippen LogP contribution in [0.15, 0.2) is 12.1 Å². The molecule has 0 aliphatic rings. The van der Waals surface area contributed by atoms with Crippen LogP contribution < -0.4 is 5.32 Å². The molecule has 0 bridgehead atoms. The van der Waals surface area contributed by atoms with Crippen molar-refractivity contribution in [2.45, 2.75) is 6.54 Å². The lowest BCUT2D eigenvalue weighted by Crippen LogP contribution is -2.22. The third-order valence-corrected chi connectivity index (χ3v) is 1.65. The lowest BCUT2D eigenvalue weighted by atomic mass is 10.2. The molecule has 0 atom stereocenters. The van der Waals surface area contributed by atoms with Crippen molar-refractivity contribution in [3.05, 3.63) is 35.1 Å². The van der Waals surface area contributed by atoms with Crippen LogP contribution in [0.4, 0.5) is 13.2 Å². The van der Waals surface area contributed by atoms with Crippen molar-refractivity contribution in [1.29, 1.82) is 0 Å². The number of carboxylic acid groups (broad SMARTS) is 1. The third kappa shape index (κ3) is 3.25. The van der Waals surface area contributed by atoms with Crippen LogP contribution in [-0.2, 0) is 11.3 Å². The van der Waals surface area contributed by atoms with E-state index in [2.05, 4.69) is 5.32 Å². The minimum absolute atomic E-state index is 0.0413. The highest BCUT2D eigenvalue weighted by molar-refractivity contribution is 5.68. The first-order valence-electron chi connectivity index (χ1n) is 4.06. The number of nitrogens with one attached hydrogen (secondary N) is 1. The van der Waals surface area contributed by atoms with E-state index in [0.717, 1.165) is 12.1 Å². The summed E-state index contributed by atoms with van der Waals surface area (Å²) in [6.07, 6.45) is 0. The zero-order valence-corrected chi connectivity index (χ0v) is 7.56. The van der Waals surface area contributed by atoms with Gasteiger partial charge in [0.05, 0.1) is 6.54 Å². The van der Waals surface area contributed by atoms with Gasteiger partial charge in [-0.15, -0.1) is 0 Å². The summed E-state index contributed by atoms with van der Waals surface area (Å²) in [5, 5.41) is 10.7. The highest BCUT2D eigenvalue weighted by atomic mass is 19.2. The summed E-state index contributed by atoms with van der Waals surface area (Å²) in [4.78, 5) is 10.1. The molecule has 1 aromatic rings. The zero-order chi connectivity index (χ0) is 11.4. The molecule has 3 nitrogen and oxygen atoms in total. The van der Waals surface area contributed by atoms with Crippen LogP contribution in [0.5, 0.6) is 0 Å². The van der Waals surface area contributed by atoms with Gasteiger partial charge in [0.1, 0.15) is 0 Å². The number of benzene rings is 1. The molecule has 1 aromatic carbocycles. The average Bonchev–Trinajstić information content (AvgIpc) is 2.13. The fraction of sp³-hybridized carbons (Fsp3) is 0.222. The van der Waals surface area contributed by atoms with Gasteiger partial charge in [0.15, 0.2) is 17.5 Å². The molecular weight excluding hydrogens is 211 g/mol. The zero-order valence-electron chi connectivity index (χ0n) is 7.56. The predicted octanol–water partition coefficient (Wildman–Crippen LogP) is 1.28. The van der Waals surface area contributed by atoms with E-state index in [9.17, 15) is 18.0 Å². The number of halogens is 3. The van der Waals surface area contributed by atoms with Gasteiger partial charge in [-0.2, -0.15) is 0 Å². The van der Waals surface area contributed by atoms with E-state index < -0.39 is 23.4 Å². The molecule has 0 aliphatic heterocycles. The fourth-order valence-electron chi connectivity index (χ4n) is 1.02. The SMILES string of the molecule is O=C(O)CNCc1cc(F)c(F)c(F)c1. The minimum Gasteiger partial charge on any atom is -0.480 e. The number of hydrogen-bond donors (Lipinski definition) is 2. The second-order valence-corrected chi connectivity index (χ2v) is 2.87. The van der Waals surface area contributed by atoms with E-state index >= 15 is 0 Å². The topological polar surface area (TPSA) is 49.3 Å². The molecule has 0 fully saturated rings. The molecule has 1 rings (SSSR count). The number of rotatable bonds is 4. The van der Waals surface area contributed by atoms with Crippen LogP contribution >= 0.6 is 0 Å². The summed E-state index contributed by atoms with van der Waals surface area (Å²) in [6.45, 7) is -0.374. The monoisotopic (exact) mass is 219 g/mol. The highest BCUT2D eigenvalue weighted by Gasteiger charge is 2.10. The Morgan fingerprint density at radius 3 is 2.27 bits per heavy atom. The Labute approximate surface area is 83.5 Å². The molecule has 82 valence electrons. The summed E-state index contributed by atoms with van der Waals surface area (Å²) in [6, 6.07) is 1.63. The Morgan fingerprint density at radius 1 is 1.27 bits per heavy atom. The van der Waals surface area contributed by atoms with E-state index in [1.807, 2.05) is 0 Å². The van der Waals surface area contributed by atoms with E-state index in [1.165, 1.54) is 0 Å². The molecule has 15 heavy (non-hydrogen) atoms. The summed E-state index contributed by atoms with van der Waals surface area (Å²) < 4.78 is 37.8. The van der Waals surface area contributed by atoms with Crippen molar-refractivity contribution in [2.75, 3.05) is 6.54 Å². The Bertz CT molecular complexity index is 359. The van der Waals surface area contributed by atoms with Crippen LogP contribution in [0.3, 0.4) is 0 Å². The highest BCUT2D eigenvalue weighted by Crippen LogP contribution is 2.13. The predicted molar refractivity (Wildman–Crippen MR) is 45.7 cm³/mol. The fourth-order valence-corrected chi connectivity index (χ4v) is 1.02. The first-order valence-corrected chi connectivity index (χ1v) is 4.06. The largest absolute Gasteiger partial charge is 0.480 e. The third-order valence-electron chi connectivity index (χ3n) is 1.65. The Morgan fingerprint density at radius 2 is 1.80 bits per heavy atom. The standard InChI is InChI=1S/C9H8F3NO2/c10-6-1-5(2-7(11)9(6)12)3-13-4-8(14)15/h1-2,13H,3-4H2,(H,14,15). The summed E-state index contributed by atoms with van der Waals surface area (Å²) >= 11 is 0. The van der Waals surface area contributed by atoms with E-state index in [-0.39, 0.29) is 18.7 Å². The van der Waals surface area contributed by atoms with Crippen molar-refractivity contribution in [2.24, 2.45) is 0 Å². The first kappa shape index (κ1) is 11.5. The van der Waals surface area contributed by atoms with Crippen LogP contribution in [-0.4, -0.2) is 17.6 Å². The summed E-state index contributed by atoms with van der Waals surface area (Å²) in [7, 11) is 0. The number of carboxylic acids is 1. The van der Waals surface area contributed by atoms with Gasteiger partial charge in [-0.05, 0) is 17.7 Å². The van der Waals surface area contributed by atoms with Crippen molar-refractivity contribution >= 4 is 5.97 Å². The van der Waals surface area contributed by atoms with Gasteiger partial charge >= 0.3 is 5.97 Å². The van der Waals surface area contributed by atoms with Gasteiger partial charge in [-0.3, -0.25) is 4.79 Å². The first-order chi connectivity index (χ1) is 7.00. The molecule has 0 saturated heterocycles.